The highest BCUT2D eigenvalue weighted by Gasteiger charge is 2.51. The van der Waals surface area contributed by atoms with E-state index in [2.05, 4.69) is 158 Å². The van der Waals surface area contributed by atoms with Crippen molar-refractivity contribution in [3.05, 3.63) is 197 Å². The van der Waals surface area contributed by atoms with Gasteiger partial charge in [-0.25, -0.2) is 0 Å². The maximum atomic E-state index is 8.95. The average Bonchev–Trinajstić information content (AvgIpc) is 3.70. The summed E-state index contributed by atoms with van der Waals surface area (Å²) in [6.07, 6.45) is -1.56. The summed E-state index contributed by atoms with van der Waals surface area (Å²) >= 11 is 0. The Morgan fingerprint density at radius 1 is 0.449 bits per heavy atom. The van der Waals surface area contributed by atoms with Crippen molar-refractivity contribution < 1.29 is 2.74 Å². The van der Waals surface area contributed by atoms with Gasteiger partial charge in [0.2, 0.25) is 0 Å². The monoisotopic (exact) mass is 629 g/mol. The zero-order valence-electron chi connectivity index (χ0n) is 30.0. The number of hydrogen-bond donors (Lipinski definition) is 0. The summed E-state index contributed by atoms with van der Waals surface area (Å²) in [4.78, 5) is 2.29. The van der Waals surface area contributed by atoms with Gasteiger partial charge in [-0.3, -0.25) is 0 Å². The number of hydrogen-bond acceptors (Lipinski definition) is 1. The van der Waals surface area contributed by atoms with E-state index in [-0.39, 0.29) is 5.41 Å². The lowest BCUT2D eigenvalue weighted by Crippen LogP contribution is -2.26. The highest BCUT2D eigenvalue weighted by Crippen LogP contribution is 2.63. The molecule has 1 heteroatoms. The summed E-state index contributed by atoms with van der Waals surface area (Å²) in [5.41, 5.74) is 18.3. The van der Waals surface area contributed by atoms with Gasteiger partial charge in [0.1, 0.15) is 0 Å². The van der Waals surface area contributed by atoms with E-state index in [9.17, 15) is 0 Å². The number of benzene rings is 7. The lowest BCUT2D eigenvalue weighted by Gasteiger charge is -2.33. The van der Waals surface area contributed by atoms with Gasteiger partial charge in [0.25, 0.3) is 0 Å². The number of nitrogens with zero attached hydrogens (tertiary/aromatic N) is 1. The van der Waals surface area contributed by atoms with E-state index in [0.717, 1.165) is 17.1 Å². The van der Waals surface area contributed by atoms with Crippen LogP contribution in [0.1, 0.15) is 62.5 Å². The Hall–Kier alpha value is -5.66. The first kappa shape index (κ1) is 26.3. The molecule has 0 saturated heterocycles. The van der Waals surface area contributed by atoms with Crippen LogP contribution < -0.4 is 4.90 Å². The first-order chi connectivity index (χ1) is 24.7. The van der Waals surface area contributed by atoms with Crippen molar-refractivity contribution in [2.24, 2.45) is 0 Å². The van der Waals surface area contributed by atoms with Gasteiger partial charge in [-0.2, -0.15) is 0 Å². The molecule has 7 aromatic carbocycles. The molecule has 0 aromatic heterocycles. The van der Waals surface area contributed by atoms with Gasteiger partial charge in [0, 0.05) is 25.2 Å². The Morgan fingerprint density at radius 2 is 0.898 bits per heavy atom. The molecule has 3 aliphatic carbocycles. The van der Waals surface area contributed by atoms with Gasteiger partial charge in [0.15, 0.2) is 0 Å². The molecular weight excluding hydrogens is 591 g/mol. The van der Waals surface area contributed by atoms with Crippen molar-refractivity contribution in [1.82, 2.24) is 0 Å². The van der Waals surface area contributed by atoms with Crippen LogP contribution in [0.3, 0.4) is 0 Å². The molecule has 1 nitrogen and oxygen atoms in total. The van der Waals surface area contributed by atoms with E-state index in [0.29, 0.717) is 5.56 Å². The highest BCUT2D eigenvalue weighted by atomic mass is 15.1. The van der Waals surface area contributed by atoms with Gasteiger partial charge in [-0.05, 0) is 109 Å². The fourth-order valence-electron chi connectivity index (χ4n) is 9.38. The summed E-state index contributed by atoms with van der Waals surface area (Å²) in [5.74, 6) is 0. The van der Waals surface area contributed by atoms with E-state index in [1.165, 1.54) is 66.8 Å². The van der Waals surface area contributed by atoms with Crippen LogP contribution >= 0.6 is 0 Å². The summed E-state index contributed by atoms with van der Waals surface area (Å²) in [6.45, 7) is 6.28. The van der Waals surface area contributed by atoms with Crippen molar-refractivity contribution in [3.8, 4) is 33.4 Å². The van der Waals surface area contributed by atoms with Gasteiger partial charge in [0.05, 0.1) is 5.41 Å². The molecule has 49 heavy (non-hydrogen) atoms. The SMILES string of the molecule is [2H]C([2H])(C)c1ccccc1N(c1ccc2c(c1)-c1ccccc1C2(C)C)c1ccc2c(c1)C1(c3ccccc3-c3ccccc31)c1ccccc1-2. The van der Waals surface area contributed by atoms with Crippen molar-refractivity contribution in [3.63, 3.8) is 0 Å². The second kappa shape index (κ2) is 10.2. The van der Waals surface area contributed by atoms with Crippen LogP contribution in [0, 0.1) is 0 Å². The third kappa shape index (κ3) is 3.65. The molecule has 0 heterocycles. The molecule has 1 spiro atoms. The maximum Gasteiger partial charge on any atom is 0.0726 e. The number of aryl methyl sites for hydroxylation is 1. The Bertz CT molecular complexity index is 2510. The van der Waals surface area contributed by atoms with E-state index < -0.39 is 11.8 Å². The second-order valence-corrected chi connectivity index (χ2v) is 14.1. The number of para-hydroxylation sites is 1. The highest BCUT2D eigenvalue weighted by molar-refractivity contribution is 5.96. The molecule has 7 aromatic rings. The lowest BCUT2D eigenvalue weighted by molar-refractivity contribution is 0.660. The van der Waals surface area contributed by atoms with Gasteiger partial charge < -0.3 is 4.90 Å². The summed E-state index contributed by atoms with van der Waals surface area (Å²) < 4.78 is 17.9. The fourth-order valence-corrected chi connectivity index (χ4v) is 9.38. The predicted octanol–water partition coefficient (Wildman–Crippen LogP) is 12.4. The minimum Gasteiger partial charge on any atom is -0.310 e. The summed E-state index contributed by atoms with van der Waals surface area (Å²) in [7, 11) is 0. The fraction of sp³-hybridized carbons (Fsp3) is 0.125. The van der Waals surface area contributed by atoms with Crippen LogP contribution in [0.15, 0.2) is 158 Å². The molecular formula is C48H37N. The zero-order chi connectivity index (χ0) is 34.7. The Labute approximate surface area is 292 Å². The van der Waals surface area contributed by atoms with Crippen molar-refractivity contribution in [2.45, 2.75) is 38.0 Å². The van der Waals surface area contributed by atoms with Crippen LogP contribution in [-0.4, -0.2) is 0 Å². The van der Waals surface area contributed by atoms with Gasteiger partial charge in [-0.1, -0.05) is 148 Å². The molecule has 0 unspecified atom stereocenters. The summed E-state index contributed by atoms with van der Waals surface area (Å²) in [5, 5.41) is 0. The standard InChI is InChI=1S/C48H37N/c1-4-31-15-5-14-24-46(31)49(32-26-28-41-39(29-32)37-19-6-10-20-40(37)47(41,2)3)33-25-27-38-36-18-9-13-23-44(36)48(45(38)30-33)42-21-11-7-16-34(42)35-17-8-12-22-43(35)48/h5-30H,4H2,1-3H3/i4D2. The molecule has 0 amide bonds. The van der Waals surface area contributed by atoms with E-state index >= 15 is 0 Å². The van der Waals surface area contributed by atoms with Gasteiger partial charge >= 0.3 is 0 Å². The van der Waals surface area contributed by atoms with Crippen molar-refractivity contribution in [2.75, 3.05) is 4.90 Å². The largest absolute Gasteiger partial charge is 0.310 e. The van der Waals surface area contributed by atoms with Crippen LogP contribution in [0.5, 0.6) is 0 Å². The van der Waals surface area contributed by atoms with Gasteiger partial charge in [-0.15, -0.1) is 0 Å². The molecule has 0 atom stereocenters. The zero-order valence-corrected chi connectivity index (χ0v) is 28.0. The molecule has 0 N–H and O–H groups in total. The minimum atomic E-state index is -1.56. The first-order valence-corrected chi connectivity index (χ1v) is 17.3. The van der Waals surface area contributed by atoms with Crippen LogP contribution in [0.2, 0.25) is 0 Å². The Balaban J connectivity index is 1.27. The summed E-state index contributed by atoms with van der Waals surface area (Å²) in [6, 6.07) is 57.2. The van der Waals surface area contributed by atoms with Crippen LogP contribution in [-0.2, 0) is 17.2 Å². The smallest absolute Gasteiger partial charge is 0.0726 e. The molecule has 0 fully saturated rings. The number of rotatable bonds is 4. The molecule has 0 radical (unpaired) electrons. The Kier molecular flexibility index (Phi) is 5.46. The maximum absolute atomic E-state index is 8.95. The van der Waals surface area contributed by atoms with Crippen LogP contribution in [0.4, 0.5) is 17.1 Å². The van der Waals surface area contributed by atoms with Crippen LogP contribution in [0.25, 0.3) is 33.4 Å². The van der Waals surface area contributed by atoms with Crippen molar-refractivity contribution in [1.29, 1.82) is 0 Å². The van der Waals surface area contributed by atoms with Crippen molar-refractivity contribution >= 4 is 17.1 Å². The quantitative estimate of drug-likeness (QED) is 0.187. The topological polar surface area (TPSA) is 3.24 Å². The Morgan fingerprint density at radius 3 is 1.51 bits per heavy atom. The molecule has 234 valence electrons. The normalized spacial score (nSPS) is 15.7. The molecule has 10 rings (SSSR count). The molecule has 3 aliphatic rings. The lowest BCUT2D eigenvalue weighted by atomic mass is 9.70. The second-order valence-electron chi connectivity index (χ2n) is 14.1. The predicted molar refractivity (Wildman–Crippen MR) is 204 cm³/mol. The van der Waals surface area contributed by atoms with E-state index in [4.69, 9.17) is 2.74 Å². The van der Waals surface area contributed by atoms with E-state index in [1.807, 2.05) is 18.2 Å². The molecule has 0 aliphatic heterocycles. The molecule has 0 saturated carbocycles. The molecule has 0 bridgehead atoms. The number of fused-ring (bicyclic) bond motifs is 13. The average molecular weight is 630 g/mol. The first-order valence-electron chi connectivity index (χ1n) is 18.3. The third-order valence-electron chi connectivity index (χ3n) is 11.5. The number of anilines is 3. The van der Waals surface area contributed by atoms with E-state index in [1.54, 1.807) is 6.92 Å². The minimum absolute atomic E-state index is 0.108. The third-order valence-corrected chi connectivity index (χ3v) is 11.5.